The summed E-state index contributed by atoms with van der Waals surface area (Å²) in [5.74, 6) is -0.0281. The number of carbonyl (C=O) groups excluding carboxylic acids is 1. The van der Waals surface area contributed by atoms with Crippen LogP contribution >= 0.6 is 11.3 Å². The first-order valence-electron chi connectivity index (χ1n) is 7.01. The normalized spacial score (nSPS) is 15.6. The first-order valence-corrected chi connectivity index (χ1v) is 7.89. The quantitative estimate of drug-likeness (QED) is 0.850. The monoisotopic (exact) mass is 303 g/mol. The number of esters is 1. The molecule has 0 radical (unpaired) electrons. The van der Waals surface area contributed by atoms with Gasteiger partial charge >= 0.3 is 5.97 Å². The molecule has 6 heteroatoms. The summed E-state index contributed by atoms with van der Waals surface area (Å²) in [4.78, 5) is 16.2. The van der Waals surface area contributed by atoms with E-state index in [4.69, 9.17) is 4.74 Å². The van der Waals surface area contributed by atoms with Crippen molar-refractivity contribution in [2.45, 2.75) is 18.9 Å². The van der Waals surface area contributed by atoms with Crippen molar-refractivity contribution in [3.05, 3.63) is 41.3 Å². The van der Waals surface area contributed by atoms with Crippen molar-refractivity contribution in [2.75, 3.05) is 18.4 Å². The minimum atomic E-state index is -0.380. The molecular weight excluding hydrogens is 286 g/mol. The lowest BCUT2D eigenvalue weighted by Gasteiger charge is -2.23. The second-order valence-electron chi connectivity index (χ2n) is 4.92. The molecule has 2 aromatic rings. The van der Waals surface area contributed by atoms with E-state index < -0.39 is 0 Å². The molecule has 5 nitrogen and oxygen atoms in total. The molecule has 1 aromatic carbocycles. The predicted molar refractivity (Wildman–Crippen MR) is 83.0 cm³/mol. The largest absolute Gasteiger partial charge is 0.403 e. The fourth-order valence-corrected chi connectivity index (χ4v) is 2.93. The van der Waals surface area contributed by atoms with E-state index in [1.54, 1.807) is 17.5 Å². The minimum Gasteiger partial charge on any atom is -0.403 e. The minimum absolute atomic E-state index is 0.352. The Morgan fingerprint density at radius 2 is 2.05 bits per heavy atom. The van der Waals surface area contributed by atoms with E-state index in [1.165, 1.54) is 11.3 Å². The molecule has 0 saturated carbocycles. The molecule has 21 heavy (non-hydrogen) atoms. The maximum atomic E-state index is 11.9. The van der Waals surface area contributed by atoms with Crippen LogP contribution in [0, 0.1) is 0 Å². The molecule has 2 N–H and O–H groups in total. The smallest absolute Gasteiger partial charge is 0.344 e. The molecule has 0 spiro atoms. The highest BCUT2D eigenvalue weighted by Crippen LogP contribution is 2.23. The summed E-state index contributed by atoms with van der Waals surface area (Å²) in [5, 5.41) is 9.27. The van der Waals surface area contributed by atoms with Crippen molar-refractivity contribution in [3.8, 4) is 5.88 Å². The van der Waals surface area contributed by atoms with Gasteiger partial charge in [-0.3, -0.25) is 0 Å². The van der Waals surface area contributed by atoms with E-state index in [0.717, 1.165) is 31.1 Å². The first-order chi connectivity index (χ1) is 10.3. The van der Waals surface area contributed by atoms with Crippen LogP contribution in [-0.2, 0) is 0 Å². The van der Waals surface area contributed by atoms with Crippen LogP contribution in [0.15, 0.2) is 35.7 Å². The van der Waals surface area contributed by atoms with Crippen LogP contribution in [0.4, 0.5) is 5.13 Å². The Hall–Kier alpha value is -1.92. The van der Waals surface area contributed by atoms with Gasteiger partial charge in [-0.15, -0.1) is 11.3 Å². The summed E-state index contributed by atoms with van der Waals surface area (Å²) in [6, 6.07) is 9.37. The van der Waals surface area contributed by atoms with Crippen LogP contribution in [0.5, 0.6) is 5.88 Å². The third-order valence-electron chi connectivity index (χ3n) is 3.36. The van der Waals surface area contributed by atoms with Gasteiger partial charge in [0, 0.05) is 6.04 Å². The van der Waals surface area contributed by atoms with Gasteiger partial charge < -0.3 is 15.4 Å². The third kappa shape index (κ3) is 3.80. The van der Waals surface area contributed by atoms with Crippen LogP contribution in [-0.4, -0.2) is 30.1 Å². The average Bonchev–Trinajstić information content (AvgIpc) is 2.96. The SMILES string of the molecule is O=C(Oc1csc(NC2CCNCC2)n1)c1ccccc1. The molecule has 1 fully saturated rings. The number of anilines is 1. The molecule has 0 unspecified atom stereocenters. The molecule has 110 valence electrons. The first kappa shape index (κ1) is 14.0. The van der Waals surface area contributed by atoms with Gasteiger partial charge in [-0.25, -0.2) is 4.79 Å². The molecule has 2 heterocycles. The average molecular weight is 303 g/mol. The zero-order valence-corrected chi connectivity index (χ0v) is 12.4. The molecule has 1 saturated heterocycles. The lowest BCUT2D eigenvalue weighted by molar-refractivity contribution is 0.0729. The van der Waals surface area contributed by atoms with Crippen molar-refractivity contribution in [2.24, 2.45) is 0 Å². The molecule has 1 aliphatic rings. The van der Waals surface area contributed by atoms with Crippen molar-refractivity contribution in [3.63, 3.8) is 0 Å². The zero-order chi connectivity index (χ0) is 14.5. The summed E-state index contributed by atoms with van der Waals surface area (Å²) in [5.41, 5.74) is 0.526. The summed E-state index contributed by atoms with van der Waals surface area (Å²) in [6.45, 7) is 2.05. The molecule has 1 aliphatic heterocycles. The third-order valence-corrected chi connectivity index (χ3v) is 4.11. The second kappa shape index (κ2) is 6.69. The molecule has 0 bridgehead atoms. The molecule has 0 atom stereocenters. The topological polar surface area (TPSA) is 63.2 Å². The van der Waals surface area contributed by atoms with E-state index in [1.807, 2.05) is 18.2 Å². The van der Waals surface area contributed by atoms with Gasteiger partial charge in [-0.1, -0.05) is 18.2 Å². The van der Waals surface area contributed by atoms with E-state index in [9.17, 15) is 4.79 Å². The maximum absolute atomic E-state index is 11.9. The highest BCUT2D eigenvalue weighted by atomic mass is 32.1. The number of carbonyl (C=O) groups is 1. The van der Waals surface area contributed by atoms with E-state index in [2.05, 4.69) is 15.6 Å². The van der Waals surface area contributed by atoms with Crippen molar-refractivity contribution in [1.82, 2.24) is 10.3 Å². The Balaban J connectivity index is 1.58. The van der Waals surface area contributed by atoms with E-state index in [-0.39, 0.29) is 5.97 Å². The Labute approximate surface area is 127 Å². The Kier molecular flexibility index (Phi) is 4.47. The number of nitrogens with zero attached hydrogens (tertiary/aromatic N) is 1. The fraction of sp³-hybridized carbons (Fsp3) is 0.333. The second-order valence-corrected chi connectivity index (χ2v) is 5.77. The lowest BCUT2D eigenvalue weighted by atomic mass is 10.1. The number of hydrogen-bond acceptors (Lipinski definition) is 6. The fourth-order valence-electron chi connectivity index (χ4n) is 2.24. The highest BCUT2D eigenvalue weighted by Gasteiger charge is 2.15. The number of hydrogen-bond donors (Lipinski definition) is 2. The molecular formula is C15H17N3O2S. The Morgan fingerprint density at radius 1 is 1.29 bits per heavy atom. The lowest BCUT2D eigenvalue weighted by Crippen LogP contribution is -2.35. The maximum Gasteiger partial charge on any atom is 0.344 e. The predicted octanol–water partition coefficient (Wildman–Crippen LogP) is 2.53. The Morgan fingerprint density at radius 3 is 2.81 bits per heavy atom. The number of piperidine rings is 1. The van der Waals surface area contributed by atoms with Gasteiger partial charge in [0.05, 0.1) is 10.9 Å². The van der Waals surface area contributed by atoms with E-state index in [0.29, 0.717) is 17.5 Å². The van der Waals surface area contributed by atoms with Gasteiger partial charge in [0.15, 0.2) is 5.13 Å². The number of rotatable bonds is 4. The van der Waals surface area contributed by atoms with Gasteiger partial charge in [0.25, 0.3) is 0 Å². The van der Waals surface area contributed by atoms with Crippen molar-refractivity contribution < 1.29 is 9.53 Å². The highest BCUT2D eigenvalue weighted by molar-refractivity contribution is 7.13. The van der Waals surface area contributed by atoms with Crippen LogP contribution in [0.25, 0.3) is 0 Å². The molecule has 0 aliphatic carbocycles. The number of thiazole rings is 1. The van der Waals surface area contributed by atoms with Gasteiger partial charge in [-0.05, 0) is 38.1 Å². The summed E-state index contributed by atoms with van der Waals surface area (Å²) < 4.78 is 5.28. The molecule has 0 amide bonds. The summed E-state index contributed by atoms with van der Waals surface area (Å²) in [7, 11) is 0. The van der Waals surface area contributed by atoms with Crippen molar-refractivity contribution in [1.29, 1.82) is 0 Å². The number of benzene rings is 1. The van der Waals surface area contributed by atoms with Gasteiger partial charge in [-0.2, -0.15) is 4.98 Å². The number of aromatic nitrogens is 1. The number of nitrogens with one attached hydrogen (secondary N) is 2. The van der Waals surface area contributed by atoms with Crippen LogP contribution in [0.2, 0.25) is 0 Å². The van der Waals surface area contributed by atoms with Crippen LogP contribution < -0.4 is 15.4 Å². The summed E-state index contributed by atoms with van der Waals surface area (Å²) >= 11 is 1.46. The standard InChI is InChI=1S/C15H17N3O2S/c19-14(11-4-2-1-3-5-11)20-13-10-21-15(18-13)17-12-6-8-16-9-7-12/h1-5,10,12,16H,6-9H2,(H,17,18). The van der Waals surface area contributed by atoms with Crippen LogP contribution in [0.1, 0.15) is 23.2 Å². The van der Waals surface area contributed by atoms with Gasteiger partial charge in [0.1, 0.15) is 0 Å². The summed E-state index contributed by atoms with van der Waals surface area (Å²) in [6.07, 6.45) is 2.16. The molecule has 3 rings (SSSR count). The van der Waals surface area contributed by atoms with Crippen molar-refractivity contribution >= 4 is 22.4 Å². The van der Waals surface area contributed by atoms with Gasteiger partial charge in [0.2, 0.25) is 5.88 Å². The zero-order valence-electron chi connectivity index (χ0n) is 11.5. The Bertz CT molecular complexity index is 594. The molecule has 1 aromatic heterocycles. The number of ether oxygens (including phenoxy) is 1. The van der Waals surface area contributed by atoms with E-state index >= 15 is 0 Å². The van der Waals surface area contributed by atoms with Crippen LogP contribution in [0.3, 0.4) is 0 Å².